The summed E-state index contributed by atoms with van der Waals surface area (Å²) in [6.45, 7) is 3.14. The van der Waals surface area contributed by atoms with Gasteiger partial charge in [-0.1, -0.05) is 0 Å². The second-order valence-corrected chi connectivity index (χ2v) is 17.5. The largest absolute Gasteiger partial charge is 0.493 e. The number of quaternary nitrogens is 2. The molecule has 6 rings (SSSR count). The number of esters is 2. The van der Waals surface area contributed by atoms with Crippen LogP contribution in [0.3, 0.4) is 0 Å². The fourth-order valence-corrected chi connectivity index (χ4v) is 10.1. The molecule has 4 aromatic carbocycles. The highest BCUT2D eigenvalue weighted by molar-refractivity contribution is 5.98. The molecule has 0 spiro atoms. The molecule has 4 aromatic rings. The number of benzene rings is 4. The van der Waals surface area contributed by atoms with Gasteiger partial charge in [0.1, 0.15) is 12.1 Å². The predicted molar refractivity (Wildman–Crippen MR) is 258 cm³/mol. The van der Waals surface area contributed by atoms with Crippen LogP contribution < -0.4 is 47.4 Å². The summed E-state index contributed by atoms with van der Waals surface area (Å²) in [6.07, 6.45) is 3.28. The Morgan fingerprint density at radius 3 is 1.55 bits per heavy atom. The van der Waals surface area contributed by atoms with Gasteiger partial charge in [0, 0.05) is 55.1 Å². The molecule has 0 radical (unpaired) electrons. The predicted octanol–water partition coefficient (Wildman–Crippen LogP) is 6.72. The molecule has 16 nitrogen and oxygen atoms in total. The van der Waals surface area contributed by atoms with E-state index in [0.29, 0.717) is 98.8 Å². The maximum atomic E-state index is 12.8. The fourth-order valence-electron chi connectivity index (χ4n) is 10.1. The van der Waals surface area contributed by atoms with Crippen LogP contribution in [0.25, 0.3) is 0 Å². The molecule has 0 fully saturated rings. The van der Waals surface area contributed by atoms with Gasteiger partial charge in [-0.3, -0.25) is 0 Å². The van der Waals surface area contributed by atoms with E-state index in [1.165, 1.54) is 5.56 Å². The Balaban J connectivity index is 1.09. The zero-order valence-corrected chi connectivity index (χ0v) is 42.2. The number of nitrogens with zero attached hydrogens (tertiary/aromatic N) is 2. The Morgan fingerprint density at radius 2 is 1.00 bits per heavy atom. The number of fused-ring (bicyclic) bond motifs is 2. The van der Waals surface area contributed by atoms with Gasteiger partial charge < -0.3 is 65.8 Å². The highest BCUT2D eigenvalue weighted by atomic mass is 16.6. The number of carbonyl (C=O) groups is 2. The topological polar surface area (TPSA) is 145 Å². The van der Waals surface area contributed by atoms with Crippen molar-refractivity contribution in [1.82, 2.24) is 0 Å². The summed E-state index contributed by atoms with van der Waals surface area (Å²) in [7, 11) is 20.5. The van der Waals surface area contributed by atoms with E-state index in [2.05, 4.69) is 38.1 Å². The van der Waals surface area contributed by atoms with Crippen LogP contribution in [0.1, 0.15) is 58.3 Å². The van der Waals surface area contributed by atoms with Crippen molar-refractivity contribution < 1.29 is 75.4 Å². The first-order valence-electron chi connectivity index (χ1n) is 22.9. The van der Waals surface area contributed by atoms with Crippen LogP contribution in [0.4, 0.5) is 0 Å². The molecule has 4 atom stereocenters. The standard InChI is InChI=1S/C53H68N2O14/c1-54(23-19-35-30-42(60-5)43(61-6)33-38(35)39(54)27-34-28-44(62-7)51(65-10)45(29-34)63-8)21-13-25-68-47(56)17-18-48(57)69-26-14-22-55(2)24-20-36-31-46(64-9)52(66-11)53(67-12)49(36)50(55)37-15-16-40(58-3)41(32-37)59-4/h15-16,28-33,39,50H,13-14,19-27H2,1-12H3/q+2. The molecular formula is C53H68N2O14+2. The lowest BCUT2D eigenvalue weighted by atomic mass is 9.84. The summed E-state index contributed by atoms with van der Waals surface area (Å²) in [4.78, 5) is 25.6. The molecule has 2 aliphatic rings. The SMILES string of the molecule is COc1ccc(C2c3c(cc(OC)c(OC)c3OC)CC[N+]2(C)CCCOC(=O)C#CC(=O)OCCC[N+]2(C)CCc3cc(OC)c(OC)cc3C2Cc2cc(OC)c(OC)c(OC)c2)cc1OC. The van der Waals surface area contributed by atoms with Crippen molar-refractivity contribution in [3.8, 4) is 69.3 Å². The van der Waals surface area contributed by atoms with Gasteiger partial charge in [0.25, 0.3) is 0 Å². The first-order chi connectivity index (χ1) is 33.3. The van der Waals surface area contributed by atoms with Gasteiger partial charge in [0.2, 0.25) is 11.5 Å². The molecule has 0 N–H and O–H groups in total. The Morgan fingerprint density at radius 1 is 0.522 bits per heavy atom. The number of hydrogen-bond acceptors (Lipinski definition) is 14. The lowest BCUT2D eigenvalue weighted by Crippen LogP contribution is -2.52. The molecule has 0 saturated carbocycles. The molecule has 2 heterocycles. The van der Waals surface area contributed by atoms with Gasteiger partial charge in [-0.15, -0.1) is 0 Å². The molecule has 0 saturated heterocycles. The summed E-state index contributed by atoms with van der Waals surface area (Å²) in [5.74, 6) is 8.95. The number of hydrogen-bond donors (Lipinski definition) is 0. The lowest BCUT2D eigenvalue weighted by Gasteiger charge is -2.46. The molecule has 372 valence electrons. The molecule has 16 heteroatoms. The van der Waals surface area contributed by atoms with Crippen molar-refractivity contribution in [2.24, 2.45) is 0 Å². The zero-order chi connectivity index (χ0) is 49.9. The maximum absolute atomic E-state index is 12.8. The number of likely N-dealkylation sites (N-methyl/N-ethyl adjacent to an activating group) is 2. The van der Waals surface area contributed by atoms with E-state index in [9.17, 15) is 9.59 Å². The summed E-state index contributed by atoms with van der Waals surface area (Å²) in [5.41, 5.74) is 6.38. The van der Waals surface area contributed by atoms with Crippen molar-refractivity contribution in [2.75, 3.05) is 125 Å². The minimum absolute atomic E-state index is 0.00997. The molecular weight excluding hydrogens is 889 g/mol. The summed E-state index contributed by atoms with van der Waals surface area (Å²) in [5, 5.41) is 0. The number of rotatable bonds is 21. The van der Waals surface area contributed by atoms with E-state index in [-0.39, 0.29) is 25.3 Å². The summed E-state index contributed by atoms with van der Waals surface area (Å²) >= 11 is 0. The molecule has 0 amide bonds. The van der Waals surface area contributed by atoms with Gasteiger partial charge in [-0.05, 0) is 65.2 Å². The van der Waals surface area contributed by atoms with Gasteiger partial charge in [-0.25, -0.2) is 9.59 Å². The van der Waals surface area contributed by atoms with Crippen molar-refractivity contribution in [3.05, 3.63) is 81.9 Å². The Kier molecular flexibility index (Phi) is 17.3. The number of ether oxygens (including phenoxy) is 12. The van der Waals surface area contributed by atoms with Crippen LogP contribution in [0, 0.1) is 11.8 Å². The highest BCUT2D eigenvalue weighted by Crippen LogP contribution is 2.52. The van der Waals surface area contributed by atoms with E-state index in [0.717, 1.165) is 53.7 Å². The van der Waals surface area contributed by atoms with Crippen molar-refractivity contribution in [2.45, 2.75) is 44.2 Å². The van der Waals surface area contributed by atoms with Crippen LogP contribution in [-0.4, -0.2) is 145 Å². The van der Waals surface area contributed by atoms with Crippen molar-refractivity contribution in [1.29, 1.82) is 0 Å². The monoisotopic (exact) mass is 956 g/mol. The average Bonchev–Trinajstić information content (AvgIpc) is 3.37. The normalized spacial score (nSPS) is 19.0. The minimum Gasteiger partial charge on any atom is -0.493 e. The van der Waals surface area contributed by atoms with Crippen molar-refractivity contribution in [3.63, 3.8) is 0 Å². The highest BCUT2D eigenvalue weighted by Gasteiger charge is 2.44. The van der Waals surface area contributed by atoms with Crippen LogP contribution >= 0.6 is 0 Å². The second-order valence-electron chi connectivity index (χ2n) is 17.5. The van der Waals surface area contributed by atoms with Gasteiger partial charge in [0.15, 0.2) is 46.0 Å². The number of carbonyl (C=O) groups excluding carboxylic acids is 2. The molecule has 0 aliphatic carbocycles. The zero-order valence-electron chi connectivity index (χ0n) is 42.2. The second kappa shape index (κ2) is 23.1. The van der Waals surface area contributed by atoms with Gasteiger partial charge in [-0.2, -0.15) is 0 Å². The van der Waals surface area contributed by atoms with E-state index in [1.807, 2.05) is 36.4 Å². The average molecular weight is 957 g/mol. The van der Waals surface area contributed by atoms with Crippen LogP contribution in [-0.2, 0) is 38.3 Å². The summed E-state index contributed by atoms with van der Waals surface area (Å²) in [6, 6.07) is 15.8. The van der Waals surface area contributed by atoms with Crippen molar-refractivity contribution >= 4 is 11.9 Å². The maximum Gasteiger partial charge on any atom is 0.384 e. The van der Waals surface area contributed by atoms with E-state index in [4.69, 9.17) is 56.8 Å². The lowest BCUT2D eigenvalue weighted by molar-refractivity contribution is -0.941. The van der Waals surface area contributed by atoms with E-state index in [1.54, 1.807) is 71.1 Å². The first-order valence-corrected chi connectivity index (χ1v) is 22.9. The van der Waals surface area contributed by atoms with E-state index >= 15 is 0 Å². The number of methoxy groups -OCH3 is 10. The third-order valence-corrected chi connectivity index (χ3v) is 13.6. The van der Waals surface area contributed by atoms with Crippen LogP contribution in [0.2, 0.25) is 0 Å². The quantitative estimate of drug-likeness (QED) is 0.0287. The molecule has 2 aliphatic heterocycles. The van der Waals surface area contributed by atoms with Crippen LogP contribution in [0.15, 0.2) is 48.5 Å². The van der Waals surface area contributed by atoms with Crippen LogP contribution in [0.5, 0.6) is 57.5 Å². The van der Waals surface area contributed by atoms with Gasteiger partial charge in [0.05, 0.1) is 130 Å². The van der Waals surface area contributed by atoms with Gasteiger partial charge >= 0.3 is 11.9 Å². The Bertz CT molecular complexity index is 2510. The third-order valence-electron chi connectivity index (χ3n) is 13.6. The smallest absolute Gasteiger partial charge is 0.384 e. The molecule has 4 unspecified atom stereocenters. The molecule has 0 aromatic heterocycles. The minimum atomic E-state index is -0.805. The Labute approximate surface area is 406 Å². The molecule has 0 bridgehead atoms. The Hall–Kier alpha value is -6.70. The molecule has 69 heavy (non-hydrogen) atoms. The van der Waals surface area contributed by atoms with E-state index < -0.39 is 11.9 Å². The first kappa shape index (κ1) is 51.7. The fraction of sp³-hybridized carbons (Fsp3) is 0.472. The third kappa shape index (κ3) is 11.1. The summed E-state index contributed by atoms with van der Waals surface area (Å²) < 4.78 is 69.5.